The second kappa shape index (κ2) is 4.86. The van der Waals surface area contributed by atoms with Crippen LogP contribution in [-0.2, 0) is 10.0 Å². The molecule has 0 spiro atoms. The maximum Gasteiger partial charge on any atom is 0.260 e. The van der Waals surface area contributed by atoms with Crippen molar-refractivity contribution in [2.45, 2.75) is 17.0 Å². The van der Waals surface area contributed by atoms with Crippen LogP contribution in [-0.4, -0.2) is 53.2 Å². The Morgan fingerprint density at radius 3 is 2.74 bits per heavy atom. The van der Waals surface area contributed by atoms with E-state index in [-0.39, 0.29) is 30.1 Å². The minimum Gasteiger partial charge on any atom is -0.393 e. The van der Waals surface area contributed by atoms with Crippen LogP contribution in [0.5, 0.6) is 0 Å². The number of aliphatic hydroxyl groups is 2. The molecule has 102 valence electrons. The Labute approximate surface area is 110 Å². The molecule has 2 rings (SSSR count). The number of rotatable bonds is 3. The molecule has 1 aliphatic heterocycles. The lowest BCUT2D eigenvalue weighted by Gasteiger charge is -2.20. The molecule has 1 saturated heterocycles. The van der Waals surface area contributed by atoms with Gasteiger partial charge in [-0.1, -0.05) is 0 Å². The van der Waals surface area contributed by atoms with Gasteiger partial charge in [-0.25, -0.2) is 13.4 Å². The first kappa shape index (κ1) is 13.9. The number of hydrogen-bond acceptors (Lipinski definition) is 6. The maximum atomic E-state index is 12.2. The SMILES string of the molecule is N#Cc1ccc(S(=O)(=O)N2CCC(O)(CO)C2)nc1. The van der Waals surface area contributed by atoms with E-state index in [1.54, 1.807) is 0 Å². The average Bonchev–Trinajstić information content (AvgIpc) is 2.83. The highest BCUT2D eigenvalue weighted by atomic mass is 32.2. The Kier molecular flexibility index (Phi) is 3.56. The summed E-state index contributed by atoms with van der Waals surface area (Å²) in [6.07, 6.45) is 1.36. The first-order valence-corrected chi connectivity index (χ1v) is 7.05. The summed E-state index contributed by atoms with van der Waals surface area (Å²) < 4.78 is 25.5. The standard InChI is InChI=1S/C11H13N3O4S/c12-5-9-1-2-10(13-6-9)19(17,18)14-4-3-11(16,7-14)8-15/h1-2,6,15-16H,3-4,7-8H2. The molecule has 0 bridgehead atoms. The van der Waals surface area contributed by atoms with Crippen LogP contribution in [0.1, 0.15) is 12.0 Å². The normalized spacial score (nSPS) is 24.3. The van der Waals surface area contributed by atoms with Crippen LogP contribution in [0.25, 0.3) is 0 Å². The Morgan fingerprint density at radius 2 is 2.26 bits per heavy atom. The second-order valence-electron chi connectivity index (χ2n) is 4.47. The van der Waals surface area contributed by atoms with Gasteiger partial charge in [0.05, 0.1) is 12.2 Å². The van der Waals surface area contributed by atoms with Crippen molar-refractivity contribution < 1.29 is 18.6 Å². The molecule has 0 aliphatic carbocycles. The number of β-amino-alcohol motifs (C(OH)–C–C–N with tert-alkyl or cyclic N) is 1. The number of nitrogens with zero attached hydrogens (tertiary/aromatic N) is 3. The van der Waals surface area contributed by atoms with E-state index in [1.165, 1.54) is 18.3 Å². The highest BCUT2D eigenvalue weighted by molar-refractivity contribution is 7.89. The van der Waals surface area contributed by atoms with Crippen LogP contribution < -0.4 is 0 Å². The summed E-state index contributed by atoms with van der Waals surface area (Å²) in [5, 5.41) is 27.3. The predicted octanol–water partition coefficient (Wildman–Crippen LogP) is -0.929. The van der Waals surface area contributed by atoms with Crippen LogP contribution in [0.4, 0.5) is 0 Å². The van der Waals surface area contributed by atoms with Crippen molar-refractivity contribution in [2.75, 3.05) is 19.7 Å². The van der Waals surface area contributed by atoms with E-state index >= 15 is 0 Å². The molecule has 19 heavy (non-hydrogen) atoms. The molecule has 0 aromatic carbocycles. The third-order valence-corrected chi connectivity index (χ3v) is 4.82. The Balaban J connectivity index is 2.26. The lowest BCUT2D eigenvalue weighted by molar-refractivity contribution is -0.000743. The lowest BCUT2D eigenvalue weighted by atomic mass is 10.1. The van der Waals surface area contributed by atoms with Gasteiger partial charge in [0.15, 0.2) is 5.03 Å². The van der Waals surface area contributed by atoms with Crippen molar-refractivity contribution in [2.24, 2.45) is 0 Å². The smallest absolute Gasteiger partial charge is 0.260 e. The molecule has 8 heteroatoms. The first-order chi connectivity index (χ1) is 8.91. The fourth-order valence-corrected chi connectivity index (χ4v) is 3.32. The highest BCUT2D eigenvalue weighted by Crippen LogP contribution is 2.26. The summed E-state index contributed by atoms with van der Waals surface area (Å²) in [5.74, 6) is 0. The van der Waals surface area contributed by atoms with Crippen molar-refractivity contribution in [1.82, 2.24) is 9.29 Å². The van der Waals surface area contributed by atoms with Crippen LogP contribution in [0.3, 0.4) is 0 Å². The summed E-state index contributed by atoms with van der Waals surface area (Å²) in [6, 6.07) is 4.48. The van der Waals surface area contributed by atoms with Crippen molar-refractivity contribution >= 4 is 10.0 Å². The average molecular weight is 283 g/mol. The molecule has 1 aromatic rings. The number of hydrogen-bond donors (Lipinski definition) is 2. The van der Waals surface area contributed by atoms with Crippen molar-refractivity contribution in [3.63, 3.8) is 0 Å². The van der Waals surface area contributed by atoms with E-state index in [9.17, 15) is 13.5 Å². The van der Waals surface area contributed by atoms with Crippen LogP contribution >= 0.6 is 0 Å². The largest absolute Gasteiger partial charge is 0.393 e. The molecule has 7 nitrogen and oxygen atoms in total. The van der Waals surface area contributed by atoms with E-state index in [0.29, 0.717) is 0 Å². The van der Waals surface area contributed by atoms with Gasteiger partial charge in [-0.15, -0.1) is 0 Å². The summed E-state index contributed by atoms with van der Waals surface area (Å²) in [5.41, 5.74) is -1.12. The lowest BCUT2D eigenvalue weighted by Crippen LogP contribution is -2.38. The fraction of sp³-hybridized carbons (Fsp3) is 0.455. The van der Waals surface area contributed by atoms with E-state index < -0.39 is 22.2 Å². The van der Waals surface area contributed by atoms with E-state index in [4.69, 9.17) is 10.4 Å². The van der Waals surface area contributed by atoms with Crippen molar-refractivity contribution in [3.8, 4) is 6.07 Å². The van der Waals surface area contributed by atoms with Gasteiger partial charge >= 0.3 is 0 Å². The number of nitriles is 1. The van der Waals surface area contributed by atoms with Gasteiger partial charge in [0.1, 0.15) is 11.7 Å². The minimum atomic E-state index is -3.80. The Hall–Kier alpha value is -1.53. The third-order valence-electron chi connectivity index (χ3n) is 3.06. The van der Waals surface area contributed by atoms with Crippen molar-refractivity contribution in [1.29, 1.82) is 5.26 Å². The number of pyridine rings is 1. The molecule has 2 heterocycles. The molecule has 0 radical (unpaired) electrons. The molecular weight excluding hydrogens is 270 g/mol. The Bertz CT molecular complexity index is 608. The van der Waals surface area contributed by atoms with E-state index in [0.717, 1.165) is 4.31 Å². The molecule has 2 N–H and O–H groups in total. The molecule has 1 atom stereocenters. The maximum absolute atomic E-state index is 12.2. The van der Waals surface area contributed by atoms with Gasteiger partial charge in [0.2, 0.25) is 0 Å². The second-order valence-corrected chi connectivity index (χ2v) is 6.35. The van der Waals surface area contributed by atoms with Gasteiger partial charge in [0.25, 0.3) is 10.0 Å². The van der Waals surface area contributed by atoms with Gasteiger partial charge in [-0.3, -0.25) is 0 Å². The summed E-state index contributed by atoms with van der Waals surface area (Å²) in [7, 11) is -3.80. The molecule has 0 amide bonds. The molecule has 1 fully saturated rings. The van der Waals surface area contributed by atoms with Crippen LogP contribution in [0, 0.1) is 11.3 Å². The zero-order valence-electron chi connectivity index (χ0n) is 10.0. The van der Waals surface area contributed by atoms with Gasteiger partial charge in [-0.2, -0.15) is 9.57 Å². The quantitative estimate of drug-likeness (QED) is 0.740. The predicted molar refractivity (Wildman–Crippen MR) is 64.4 cm³/mol. The number of sulfonamides is 1. The number of aromatic nitrogens is 1. The van der Waals surface area contributed by atoms with Gasteiger partial charge in [-0.05, 0) is 18.6 Å². The number of aliphatic hydroxyl groups excluding tert-OH is 1. The van der Waals surface area contributed by atoms with Crippen LogP contribution in [0.2, 0.25) is 0 Å². The molecule has 1 aromatic heterocycles. The molecule has 0 saturated carbocycles. The minimum absolute atomic E-state index is 0.126. The summed E-state index contributed by atoms with van der Waals surface area (Å²) in [6.45, 7) is -0.519. The third kappa shape index (κ3) is 2.59. The monoisotopic (exact) mass is 283 g/mol. The fourth-order valence-electron chi connectivity index (χ4n) is 1.88. The van der Waals surface area contributed by atoms with E-state index in [1.807, 2.05) is 6.07 Å². The van der Waals surface area contributed by atoms with Crippen LogP contribution in [0.15, 0.2) is 23.4 Å². The summed E-state index contributed by atoms with van der Waals surface area (Å²) >= 11 is 0. The molecule has 1 unspecified atom stereocenters. The van der Waals surface area contributed by atoms with Crippen molar-refractivity contribution in [3.05, 3.63) is 23.9 Å². The molecule has 1 aliphatic rings. The topological polar surface area (TPSA) is 115 Å². The Morgan fingerprint density at radius 1 is 1.53 bits per heavy atom. The zero-order chi connectivity index (χ0) is 14.1. The van der Waals surface area contributed by atoms with Gasteiger partial charge in [0, 0.05) is 19.3 Å². The zero-order valence-corrected chi connectivity index (χ0v) is 10.8. The highest BCUT2D eigenvalue weighted by Gasteiger charge is 2.41. The summed E-state index contributed by atoms with van der Waals surface area (Å²) in [4.78, 5) is 3.74. The van der Waals surface area contributed by atoms with E-state index in [2.05, 4.69) is 4.98 Å². The molecular formula is C11H13N3O4S. The first-order valence-electron chi connectivity index (χ1n) is 5.61. The van der Waals surface area contributed by atoms with Gasteiger partial charge < -0.3 is 10.2 Å².